The summed E-state index contributed by atoms with van der Waals surface area (Å²) in [5, 5.41) is 6.23. The molecular formula is C14H29N3O. The fourth-order valence-corrected chi connectivity index (χ4v) is 2.16. The minimum atomic E-state index is -0.000853. The van der Waals surface area contributed by atoms with Crippen LogP contribution in [0.15, 0.2) is 0 Å². The predicted octanol–water partition coefficient (Wildman–Crippen LogP) is 1.22. The minimum absolute atomic E-state index is 0.000853. The molecule has 0 aliphatic carbocycles. The summed E-state index contributed by atoms with van der Waals surface area (Å²) < 4.78 is 0. The van der Waals surface area contributed by atoms with Crippen LogP contribution in [0.4, 0.5) is 0 Å². The van der Waals surface area contributed by atoms with Crippen molar-refractivity contribution in [3.05, 3.63) is 0 Å². The molecule has 1 atom stereocenters. The van der Waals surface area contributed by atoms with Crippen molar-refractivity contribution >= 4 is 5.91 Å². The molecule has 1 heterocycles. The van der Waals surface area contributed by atoms with Crippen LogP contribution in [0.3, 0.4) is 0 Å². The van der Waals surface area contributed by atoms with E-state index in [1.165, 1.54) is 13.0 Å². The summed E-state index contributed by atoms with van der Waals surface area (Å²) in [7, 11) is 0. The third-order valence-electron chi connectivity index (χ3n) is 3.41. The molecule has 1 unspecified atom stereocenters. The number of nitrogens with zero attached hydrogens (tertiary/aromatic N) is 1. The van der Waals surface area contributed by atoms with E-state index in [9.17, 15) is 4.79 Å². The van der Waals surface area contributed by atoms with Crippen LogP contribution in [-0.4, -0.2) is 48.6 Å². The molecule has 1 rings (SSSR count). The Morgan fingerprint density at radius 2 is 2.06 bits per heavy atom. The minimum Gasteiger partial charge on any atom is -0.355 e. The molecule has 0 spiro atoms. The van der Waals surface area contributed by atoms with Gasteiger partial charge in [0.05, 0.1) is 6.54 Å². The average molecular weight is 255 g/mol. The van der Waals surface area contributed by atoms with Gasteiger partial charge in [0, 0.05) is 24.7 Å². The number of rotatable bonds is 5. The number of carbonyl (C=O) groups is 1. The number of hydrogen-bond donors (Lipinski definition) is 2. The molecule has 106 valence electrons. The largest absolute Gasteiger partial charge is 0.355 e. The summed E-state index contributed by atoms with van der Waals surface area (Å²) in [4.78, 5) is 14.2. The number of carbonyl (C=O) groups excluding carboxylic acids is 1. The fraction of sp³-hybridized carbons (Fsp3) is 0.929. The number of nitrogens with one attached hydrogen (secondary N) is 2. The molecule has 1 aliphatic heterocycles. The second-order valence-electron chi connectivity index (χ2n) is 6.65. The van der Waals surface area contributed by atoms with E-state index in [1.807, 2.05) is 0 Å². The lowest BCUT2D eigenvalue weighted by Crippen LogP contribution is -2.44. The van der Waals surface area contributed by atoms with E-state index in [2.05, 4.69) is 50.2 Å². The highest BCUT2D eigenvalue weighted by Crippen LogP contribution is 2.17. The Bertz CT molecular complexity index is 271. The maximum atomic E-state index is 11.7. The zero-order valence-electron chi connectivity index (χ0n) is 12.5. The third kappa shape index (κ3) is 5.83. The predicted molar refractivity (Wildman–Crippen MR) is 75.6 cm³/mol. The van der Waals surface area contributed by atoms with Gasteiger partial charge in [-0.2, -0.15) is 0 Å². The smallest absolute Gasteiger partial charge is 0.233 e. The first-order valence-electron chi connectivity index (χ1n) is 7.03. The standard InChI is InChI=1S/C14H29N3O/c1-11(2)17-7-6-12(10-17)8-15-13(18)9-16-14(3,4)5/h11-12,16H,6-10H2,1-5H3,(H,15,18). The number of hydrogen-bond acceptors (Lipinski definition) is 3. The van der Waals surface area contributed by atoms with E-state index >= 15 is 0 Å². The summed E-state index contributed by atoms with van der Waals surface area (Å²) >= 11 is 0. The highest BCUT2D eigenvalue weighted by atomic mass is 16.1. The van der Waals surface area contributed by atoms with Gasteiger partial charge in [-0.1, -0.05) is 0 Å². The Labute approximate surface area is 111 Å². The monoisotopic (exact) mass is 255 g/mol. The maximum absolute atomic E-state index is 11.7. The second kappa shape index (κ2) is 6.53. The lowest BCUT2D eigenvalue weighted by Gasteiger charge is -2.21. The maximum Gasteiger partial charge on any atom is 0.233 e. The van der Waals surface area contributed by atoms with Crippen molar-refractivity contribution in [3.8, 4) is 0 Å². The Morgan fingerprint density at radius 1 is 1.39 bits per heavy atom. The van der Waals surface area contributed by atoms with Gasteiger partial charge in [-0.3, -0.25) is 4.79 Å². The first-order chi connectivity index (χ1) is 8.28. The van der Waals surface area contributed by atoms with Crippen LogP contribution in [0.5, 0.6) is 0 Å². The molecule has 1 amide bonds. The van der Waals surface area contributed by atoms with E-state index in [-0.39, 0.29) is 11.4 Å². The topological polar surface area (TPSA) is 44.4 Å². The van der Waals surface area contributed by atoms with Crippen LogP contribution in [0, 0.1) is 5.92 Å². The lowest BCUT2D eigenvalue weighted by molar-refractivity contribution is -0.120. The van der Waals surface area contributed by atoms with Crippen LogP contribution in [0.2, 0.25) is 0 Å². The molecule has 0 saturated carbocycles. The van der Waals surface area contributed by atoms with E-state index < -0.39 is 0 Å². The van der Waals surface area contributed by atoms with Gasteiger partial charge in [-0.05, 0) is 53.5 Å². The quantitative estimate of drug-likeness (QED) is 0.776. The van der Waals surface area contributed by atoms with Crippen molar-refractivity contribution in [2.24, 2.45) is 5.92 Å². The summed E-state index contributed by atoms with van der Waals surface area (Å²) in [6, 6.07) is 0.619. The van der Waals surface area contributed by atoms with E-state index in [1.54, 1.807) is 0 Å². The molecule has 18 heavy (non-hydrogen) atoms. The summed E-state index contributed by atoms with van der Waals surface area (Å²) in [5.41, 5.74) is -0.000853. The highest BCUT2D eigenvalue weighted by molar-refractivity contribution is 5.78. The normalized spacial score (nSPS) is 21.6. The molecule has 1 aliphatic rings. The molecule has 1 saturated heterocycles. The molecule has 0 aromatic rings. The lowest BCUT2D eigenvalue weighted by atomic mass is 10.1. The van der Waals surface area contributed by atoms with Crippen molar-refractivity contribution < 1.29 is 4.79 Å². The zero-order chi connectivity index (χ0) is 13.8. The first kappa shape index (κ1) is 15.4. The molecule has 1 fully saturated rings. The van der Waals surface area contributed by atoms with Crippen molar-refractivity contribution in [2.45, 2.75) is 52.6 Å². The molecule has 0 bridgehead atoms. The average Bonchev–Trinajstić information content (AvgIpc) is 2.71. The van der Waals surface area contributed by atoms with Gasteiger partial charge in [-0.25, -0.2) is 0 Å². The van der Waals surface area contributed by atoms with Crippen molar-refractivity contribution in [1.29, 1.82) is 0 Å². The Kier molecular flexibility index (Phi) is 5.60. The van der Waals surface area contributed by atoms with Crippen molar-refractivity contribution in [3.63, 3.8) is 0 Å². The second-order valence-corrected chi connectivity index (χ2v) is 6.65. The summed E-state index contributed by atoms with van der Waals surface area (Å²) in [5.74, 6) is 0.721. The third-order valence-corrected chi connectivity index (χ3v) is 3.41. The van der Waals surface area contributed by atoms with Crippen molar-refractivity contribution in [2.75, 3.05) is 26.2 Å². The molecule has 0 aromatic heterocycles. The molecule has 4 heteroatoms. The van der Waals surface area contributed by atoms with Crippen LogP contribution in [0.1, 0.15) is 41.0 Å². The number of likely N-dealkylation sites (tertiary alicyclic amines) is 1. The van der Waals surface area contributed by atoms with E-state index in [0.29, 0.717) is 18.5 Å². The van der Waals surface area contributed by atoms with Crippen LogP contribution < -0.4 is 10.6 Å². The highest BCUT2D eigenvalue weighted by Gasteiger charge is 2.24. The zero-order valence-corrected chi connectivity index (χ0v) is 12.5. The molecule has 0 radical (unpaired) electrons. The fourth-order valence-electron chi connectivity index (χ4n) is 2.16. The van der Waals surface area contributed by atoms with Gasteiger partial charge >= 0.3 is 0 Å². The Hall–Kier alpha value is -0.610. The van der Waals surface area contributed by atoms with Gasteiger partial charge in [0.2, 0.25) is 5.91 Å². The van der Waals surface area contributed by atoms with E-state index in [0.717, 1.165) is 13.1 Å². The Morgan fingerprint density at radius 3 is 2.56 bits per heavy atom. The molecular weight excluding hydrogens is 226 g/mol. The van der Waals surface area contributed by atoms with Crippen LogP contribution >= 0.6 is 0 Å². The van der Waals surface area contributed by atoms with Crippen LogP contribution in [-0.2, 0) is 4.79 Å². The van der Waals surface area contributed by atoms with Gasteiger partial charge in [0.1, 0.15) is 0 Å². The molecule has 2 N–H and O–H groups in total. The first-order valence-corrected chi connectivity index (χ1v) is 7.03. The van der Waals surface area contributed by atoms with E-state index in [4.69, 9.17) is 0 Å². The molecule has 0 aromatic carbocycles. The van der Waals surface area contributed by atoms with Gasteiger partial charge in [-0.15, -0.1) is 0 Å². The van der Waals surface area contributed by atoms with Crippen LogP contribution in [0.25, 0.3) is 0 Å². The summed E-state index contributed by atoms with van der Waals surface area (Å²) in [6.07, 6.45) is 1.20. The van der Waals surface area contributed by atoms with Gasteiger partial charge in [0.25, 0.3) is 0 Å². The summed E-state index contributed by atoms with van der Waals surface area (Å²) in [6.45, 7) is 14.2. The van der Waals surface area contributed by atoms with Crippen molar-refractivity contribution in [1.82, 2.24) is 15.5 Å². The number of amides is 1. The Balaban J connectivity index is 2.16. The van der Waals surface area contributed by atoms with Gasteiger partial charge < -0.3 is 15.5 Å². The SMILES string of the molecule is CC(C)N1CCC(CNC(=O)CNC(C)(C)C)C1. The van der Waals surface area contributed by atoms with Gasteiger partial charge in [0.15, 0.2) is 0 Å². The molecule has 4 nitrogen and oxygen atoms in total.